The second-order valence-electron chi connectivity index (χ2n) is 1.92. The molecule has 0 spiro atoms. The number of ketones is 1. The molecule has 0 aromatic heterocycles. The molecule has 0 aliphatic carbocycles. The van der Waals surface area contributed by atoms with E-state index in [4.69, 9.17) is 0 Å². The normalized spacial score (nSPS) is 8.10. The van der Waals surface area contributed by atoms with Crippen molar-refractivity contribution in [1.29, 1.82) is 0 Å². The van der Waals surface area contributed by atoms with Gasteiger partial charge in [-0.1, -0.05) is 30.3 Å². The van der Waals surface area contributed by atoms with Crippen LogP contribution in [-0.2, 0) is 0 Å². The van der Waals surface area contributed by atoms with Gasteiger partial charge in [-0.3, -0.25) is 4.79 Å². The maximum atomic E-state index is 10.6. The molecule has 10 heavy (non-hydrogen) atoms. The van der Waals surface area contributed by atoms with Gasteiger partial charge in [-0.15, -0.1) is 0 Å². The Bertz CT molecular complexity index is 206. The first-order valence-corrected chi connectivity index (χ1v) is 2.86. The Hall–Kier alpha value is -0.320. The molecule has 1 aromatic rings. The van der Waals surface area contributed by atoms with E-state index in [9.17, 15) is 4.79 Å². The second-order valence-corrected chi connectivity index (χ2v) is 1.92. The first-order valence-electron chi connectivity index (χ1n) is 2.86. The van der Waals surface area contributed by atoms with Crippen molar-refractivity contribution in [2.75, 3.05) is 0 Å². The number of benzene rings is 1. The summed E-state index contributed by atoms with van der Waals surface area (Å²) in [6.07, 6.45) is 0. The van der Waals surface area contributed by atoms with Crippen molar-refractivity contribution in [2.24, 2.45) is 0 Å². The van der Waals surface area contributed by atoms with Crippen LogP contribution in [0.15, 0.2) is 30.3 Å². The van der Waals surface area contributed by atoms with E-state index < -0.39 is 0 Å². The van der Waals surface area contributed by atoms with Crippen LogP contribution in [0.2, 0.25) is 0 Å². The zero-order valence-corrected chi connectivity index (χ0v) is 8.65. The summed E-state index contributed by atoms with van der Waals surface area (Å²) >= 11 is 0. The fourth-order valence-corrected chi connectivity index (χ4v) is 0.673. The van der Waals surface area contributed by atoms with Crippen molar-refractivity contribution in [3.05, 3.63) is 35.9 Å². The topological polar surface area (TPSA) is 17.1 Å². The standard InChI is InChI=1S/C8H8O.H2Te/c1-7(9)8-5-3-2-4-6-8;/h2-6H,1H3;1H2. The van der Waals surface area contributed by atoms with Crippen molar-refractivity contribution in [3.8, 4) is 0 Å². The summed E-state index contributed by atoms with van der Waals surface area (Å²) in [6.45, 7) is 1.56. The molecule has 1 aromatic carbocycles. The van der Waals surface area contributed by atoms with Crippen LogP contribution < -0.4 is 0 Å². The average Bonchev–Trinajstić information content (AvgIpc) is 1.90. The zero-order chi connectivity index (χ0) is 6.69. The summed E-state index contributed by atoms with van der Waals surface area (Å²) in [5, 5.41) is 0. The van der Waals surface area contributed by atoms with Gasteiger partial charge in [-0.25, -0.2) is 0 Å². The van der Waals surface area contributed by atoms with Gasteiger partial charge in [0.05, 0.1) is 0 Å². The van der Waals surface area contributed by atoms with Gasteiger partial charge in [0, 0.05) is 5.56 Å². The number of rotatable bonds is 1. The summed E-state index contributed by atoms with van der Waals surface area (Å²) < 4.78 is 0. The molecule has 0 heterocycles. The summed E-state index contributed by atoms with van der Waals surface area (Å²) in [4.78, 5) is 10.6. The molecular weight excluding hydrogens is 240 g/mol. The molecule has 0 aliphatic rings. The fourth-order valence-electron chi connectivity index (χ4n) is 0.673. The van der Waals surface area contributed by atoms with Crippen molar-refractivity contribution < 1.29 is 4.79 Å². The van der Waals surface area contributed by atoms with Crippen LogP contribution >= 0.6 is 0 Å². The summed E-state index contributed by atoms with van der Waals surface area (Å²) in [5.41, 5.74) is 0.775. The fraction of sp³-hybridized carbons (Fsp3) is 0.125. The van der Waals surface area contributed by atoms with Crippen molar-refractivity contribution in [3.63, 3.8) is 0 Å². The van der Waals surface area contributed by atoms with E-state index in [-0.39, 0.29) is 29.4 Å². The van der Waals surface area contributed by atoms with Gasteiger partial charge in [0.25, 0.3) is 0 Å². The van der Waals surface area contributed by atoms with Crippen LogP contribution in [-0.4, -0.2) is 29.4 Å². The maximum absolute atomic E-state index is 10.6. The number of carbonyl (C=O) groups is 1. The Morgan fingerprint density at radius 3 is 2.00 bits per heavy atom. The van der Waals surface area contributed by atoms with E-state index in [1.54, 1.807) is 6.92 Å². The SMILES string of the molecule is CC(=O)c1ccccc1.[TeH2]. The molecule has 0 unspecified atom stereocenters. The van der Waals surface area contributed by atoms with Crippen LogP contribution in [0.25, 0.3) is 0 Å². The van der Waals surface area contributed by atoms with Crippen LogP contribution in [0, 0.1) is 0 Å². The van der Waals surface area contributed by atoms with E-state index in [1.165, 1.54) is 0 Å². The molecule has 0 atom stereocenters. The van der Waals surface area contributed by atoms with Crippen LogP contribution in [0.1, 0.15) is 17.3 Å². The molecule has 0 aliphatic heterocycles. The number of Topliss-reactive ketones (excluding diaryl/α,β-unsaturated/α-hetero) is 1. The molecular formula is C8H10OTe. The average molecular weight is 250 g/mol. The molecule has 2 heteroatoms. The summed E-state index contributed by atoms with van der Waals surface area (Å²) in [5.74, 6) is 0.121. The Balaban J connectivity index is 0.000000810. The number of hydrogen-bond acceptors (Lipinski definition) is 1. The molecule has 1 nitrogen and oxygen atoms in total. The van der Waals surface area contributed by atoms with Gasteiger partial charge in [-0.05, 0) is 6.92 Å². The molecule has 0 amide bonds. The summed E-state index contributed by atoms with van der Waals surface area (Å²) in [6, 6.07) is 9.23. The van der Waals surface area contributed by atoms with E-state index in [0.717, 1.165) is 5.56 Å². The Labute approximate surface area is 77.2 Å². The van der Waals surface area contributed by atoms with Crippen LogP contribution in [0.4, 0.5) is 0 Å². The zero-order valence-electron chi connectivity index (χ0n) is 5.79. The Kier molecular flexibility index (Phi) is 4.34. The van der Waals surface area contributed by atoms with Gasteiger partial charge in [0.2, 0.25) is 0 Å². The molecule has 0 saturated carbocycles. The molecule has 1 rings (SSSR count). The third-order valence-corrected chi connectivity index (χ3v) is 1.18. The predicted molar refractivity (Wildman–Crippen MR) is 45.0 cm³/mol. The monoisotopic (exact) mass is 252 g/mol. The van der Waals surface area contributed by atoms with Gasteiger partial charge >= 0.3 is 23.7 Å². The predicted octanol–water partition coefficient (Wildman–Crippen LogP) is 0.973. The quantitative estimate of drug-likeness (QED) is 0.536. The van der Waals surface area contributed by atoms with E-state index in [0.29, 0.717) is 0 Å². The van der Waals surface area contributed by atoms with E-state index >= 15 is 0 Å². The minimum absolute atomic E-state index is 0. The first kappa shape index (κ1) is 9.68. The van der Waals surface area contributed by atoms with Crippen molar-refractivity contribution >= 4 is 29.4 Å². The number of hydrogen-bond donors (Lipinski definition) is 0. The minimum atomic E-state index is 0. The third-order valence-electron chi connectivity index (χ3n) is 1.18. The first-order chi connectivity index (χ1) is 4.30. The Morgan fingerprint density at radius 2 is 1.70 bits per heavy atom. The van der Waals surface area contributed by atoms with Gasteiger partial charge in [-0.2, -0.15) is 0 Å². The third kappa shape index (κ3) is 2.51. The Morgan fingerprint density at radius 1 is 1.20 bits per heavy atom. The molecule has 0 bridgehead atoms. The van der Waals surface area contributed by atoms with Crippen molar-refractivity contribution in [2.45, 2.75) is 6.92 Å². The van der Waals surface area contributed by atoms with E-state index in [1.807, 2.05) is 30.3 Å². The summed E-state index contributed by atoms with van der Waals surface area (Å²) in [7, 11) is 0. The molecule has 0 radical (unpaired) electrons. The molecule has 54 valence electrons. The van der Waals surface area contributed by atoms with E-state index in [2.05, 4.69) is 0 Å². The molecule has 0 fully saturated rings. The second kappa shape index (κ2) is 4.49. The van der Waals surface area contributed by atoms with Gasteiger partial charge in [0.1, 0.15) is 0 Å². The van der Waals surface area contributed by atoms with Gasteiger partial charge in [0.15, 0.2) is 5.78 Å². The molecule has 0 saturated heterocycles. The molecule has 0 N–H and O–H groups in total. The van der Waals surface area contributed by atoms with Gasteiger partial charge < -0.3 is 0 Å². The van der Waals surface area contributed by atoms with Crippen molar-refractivity contribution in [1.82, 2.24) is 0 Å². The van der Waals surface area contributed by atoms with Crippen LogP contribution in [0.5, 0.6) is 0 Å². The number of carbonyl (C=O) groups excluding carboxylic acids is 1. The van der Waals surface area contributed by atoms with Crippen LogP contribution in [0.3, 0.4) is 0 Å².